The number of hydrogen-bond acceptors (Lipinski definition) is 4. The van der Waals surface area contributed by atoms with Gasteiger partial charge in [-0.3, -0.25) is 0 Å². The topological polar surface area (TPSA) is 28.2 Å². The molecule has 1 aliphatic carbocycles. The van der Waals surface area contributed by atoms with E-state index in [1.807, 2.05) is 0 Å². The monoisotopic (exact) mass is 253 g/mol. The Bertz CT molecular complexity index is 346. The van der Waals surface area contributed by atoms with Gasteiger partial charge in [0.1, 0.15) is 0 Å². The van der Waals surface area contributed by atoms with E-state index in [9.17, 15) is 0 Å². The van der Waals surface area contributed by atoms with Crippen molar-refractivity contribution in [3.05, 3.63) is 11.1 Å². The minimum absolute atomic E-state index is 0.370. The lowest BCUT2D eigenvalue weighted by molar-refractivity contribution is 0.400. The van der Waals surface area contributed by atoms with Crippen molar-refractivity contribution in [3.63, 3.8) is 0 Å². The van der Waals surface area contributed by atoms with Crippen molar-refractivity contribution in [2.45, 2.75) is 51.6 Å². The van der Waals surface area contributed by atoms with Gasteiger partial charge in [0.2, 0.25) is 0 Å². The summed E-state index contributed by atoms with van der Waals surface area (Å²) in [6.07, 6.45) is 5.20. The summed E-state index contributed by atoms with van der Waals surface area (Å²) in [6.45, 7) is 5.45. The summed E-state index contributed by atoms with van der Waals surface area (Å²) in [6, 6.07) is 1.10. The standard InChI is InChI=1S/C13H23N3S/c1-4-8-14-10(2)12-9-17-13(15-12)16(3)11-6-5-7-11/h9-11,14H,4-8H2,1-3H3. The summed E-state index contributed by atoms with van der Waals surface area (Å²) in [7, 11) is 2.18. The maximum atomic E-state index is 4.75. The highest BCUT2D eigenvalue weighted by Gasteiger charge is 2.24. The molecule has 2 rings (SSSR count). The lowest BCUT2D eigenvalue weighted by atomic mass is 9.92. The molecule has 1 aliphatic rings. The molecule has 1 fully saturated rings. The number of rotatable bonds is 6. The molecule has 1 aromatic heterocycles. The molecule has 3 nitrogen and oxygen atoms in total. The van der Waals surface area contributed by atoms with E-state index in [1.54, 1.807) is 11.3 Å². The number of aromatic nitrogens is 1. The van der Waals surface area contributed by atoms with Gasteiger partial charge in [-0.1, -0.05) is 6.92 Å². The van der Waals surface area contributed by atoms with Gasteiger partial charge in [0.25, 0.3) is 0 Å². The zero-order chi connectivity index (χ0) is 12.3. The molecule has 1 unspecified atom stereocenters. The molecule has 1 atom stereocenters. The molecule has 1 heterocycles. The fourth-order valence-electron chi connectivity index (χ4n) is 2.03. The lowest BCUT2D eigenvalue weighted by Crippen LogP contribution is -2.37. The Morgan fingerprint density at radius 2 is 2.35 bits per heavy atom. The molecule has 17 heavy (non-hydrogen) atoms. The van der Waals surface area contributed by atoms with Crippen LogP contribution in [0.1, 0.15) is 51.3 Å². The van der Waals surface area contributed by atoms with Gasteiger partial charge >= 0.3 is 0 Å². The Hall–Kier alpha value is -0.610. The largest absolute Gasteiger partial charge is 0.348 e. The quantitative estimate of drug-likeness (QED) is 0.844. The van der Waals surface area contributed by atoms with E-state index in [4.69, 9.17) is 4.98 Å². The average molecular weight is 253 g/mol. The SMILES string of the molecule is CCCNC(C)c1csc(N(C)C2CCC2)n1. The normalized spacial score (nSPS) is 17.8. The summed E-state index contributed by atoms with van der Waals surface area (Å²) in [5, 5.41) is 6.85. The summed E-state index contributed by atoms with van der Waals surface area (Å²) in [4.78, 5) is 7.10. The molecule has 0 amide bonds. The third-order valence-corrected chi connectivity index (χ3v) is 4.53. The molecule has 0 aliphatic heterocycles. The fourth-order valence-corrected chi connectivity index (χ4v) is 2.99. The van der Waals surface area contributed by atoms with Gasteiger partial charge in [-0.15, -0.1) is 11.3 Å². The molecule has 4 heteroatoms. The van der Waals surface area contributed by atoms with Gasteiger partial charge < -0.3 is 10.2 Å². The van der Waals surface area contributed by atoms with Crippen LogP contribution in [0.5, 0.6) is 0 Å². The second-order valence-electron chi connectivity index (χ2n) is 4.93. The first-order chi connectivity index (χ1) is 8.22. The number of nitrogens with one attached hydrogen (secondary N) is 1. The van der Waals surface area contributed by atoms with Gasteiger partial charge in [-0.2, -0.15) is 0 Å². The highest BCUT2D eigenvalue weighted by atomic mass is 32.1. The Kier molecular flexibility index (Phi) is 4.40. The van der Waals surface area contributed by atoms with Crippen molar-refractivity contribution in [2.75, 3.05) is 18.5 Å². The van der Waals surface area contributed by atoms with E-state index in [0.29, 0.717) is 6.04 Å². The van der Waals surface area contributed by atoms with E-state index < -0.39 is 0 Å². The zero-order valence-corrected chi connectivity index (χ0v) is 11.9. The van der Waals surface area contributed by atoms with Crippen LogP contribution in [0.2, 0.25) is 0 Å². The van der Waals surface area contributed by atoms with E-state index in [-0.39, 0.29) is 0 Å². The van der Waals surface area contributed by atoms with Crippen LogP contribution in [-0.2, 0) is 0 Å². The van der Waals surface area contributed by atoms with Crippen LogP contribution in [0.4, 0.5) is 5.13 Å². The highest BCUT2D eigenvalue weighted by Crippen LogP contribution is 2.31. The third-order valence-electron chi connectivity index (χ3n) is 3.58. The molecule has 0 saturated heterocycles. The highest BCUT2D eigenvalue weighted by molar-refractivity contribution is 7.13. The van der Waals surface area contributed by atoms with Gasteiger partial charge in [-0.05, 0) is 39.2 Å². The molecular formula is C13H23N3S. The molecule has 1 aromatic rings. The molecule has 0 radical (unpaired) electrons. The van der Waals surface area contributed by atoms with Crippen LogP contribution in [-0.4, -0.2) is 24.6 Å². The maximum absolute atomic E-state index is 4.75. The number of nitrogens with zero attached hydrogens (tertiary/aromatic N) is 2. The van der Waals surface area contributed by atoms with Crippen molar-refractivity contribution in [2.24, 2.45) is 0 Å². The number of thiazole rings is 1. The van der Waals surface area contributed by atoms with Crippen LogP contribution in [0.25, 0.3) is 0 Å². The van der Waals surface area contributed by atoms with Gasteiger partial charge in [-0.25, -0.2) is 4.98 Å². The molecule has 1 saturated carbocycles. The smallest absolute Gasteiger partial charge is 0.185 e. The second kappa shape index (κ2) is 5.83. The van der Waals surface area contributed by atoms with Crippen LogP contribution >= 0.6 is 11.3 Å². The summed E-state index contributed by atoms with van der Waals surface area (Å²) < 4.78 is 0. The maximum Gasteiger partial charge on any atom is 0.185 e. The van der Waals surface area contributed by atoms with Crippen molar-refractivity contribution in [3.8, 4) is 0 Å². The molecule has 0 aromatic carbocycles. The van der Waals surface area contributed by atoms with E-state index in [2.05, 4.69) is 36.5 Å². The number of hydrogen-bond donors (Lipinski definition) is 1. The Balaban J connectivity index is 1.94. The summed E-state index contributed by atoms with van der Waals surface area (Å²) in [5.74, 6) is 0. The lowest BCUT2D eigenvalue weighted by Gasteiger charge is -2.34. The molecular weight excluding hydrogens is 230 g/mol. The van der Waals surface area contributed by atoms with Crippen molar-refractivity contribution in [1.82, 2.24) is 10.3 Å². The number of anilines is 1. The molecule has 0 bridgehead atoms. The minimum atomic E-state index is 0.370. The fraction of sp³-hybridized carbons (Fsp3) is 0.769. The second-order valence-corrected chi connectivity index (χ2v) is 5.76. The van der Waals surface area contributed by atoms with Gasteiger partial charge in [0.05, 0.1) is 5.69 Å². The average Bonchev–Trinajstić information content (AvgIpc) is 2.72. The van der Waals surface area contributed by atoms with Gasteiger partial charge in [0.15, 0.2) is 5.13 Å². The Morgan fingerprint density at radius 3 is 2.94 bits per heavy atom. The first-order valence-corrected chi connectivity index (χ1v) is 7.52. The molecule has 96 valence electrons. The molecule has 1 N–H and O–H groups in total. The van der Waals surface area contributed by atoms with Crippen LogP contribution in [0, 0.1) is 0 Å². The van der Waals surface area contributed by atoms with E-state index in [0.717, 1.165) is 12.6 Å². The summed E-state index contributed by atoms with van der Waals surface area (Å²) >= 11 is 1.77. The Labute approximate surface area is 108 Å². The predicted octanol–water partition coefficient (Wildman–Crippen LogP) is 3.19. The first kappa shape index (κ1) is 12.8. The van der Waals surface area contributed by atoms with E-state index in [1.165, 1.54) is 36.5 Å². The summed E-state index contributed by atoms with van der Waals surface area (Å²) in [5.41, 5.74) is 1.18. The Morgan fingerprint density at radius 1 is 1.59 bits per heavy atom. The van der Waals surface area contributed by atoms with Gasteiger partial charge in [0, 0.05) is 24.5 Å². The van der Waals surface area contributed by atoms with Crippen molar-refractivity contribution >= 4 is 16.5 Å². The van der Waals surface area contributed by atoms with Crippen LogP contribution < -0.4 is 10.2 Å². The predicted molar refractivity (Wildman–Crippen MR) is 74.9 cm³/mol. The first-order valence-electron chi connectivity index (χ1n) is 6.64. The van der Waals surface area contributed by atoms with E-state index >= 15 is 0 Å². The zero-order valence-electron chi connectivity index (χ0n) is 11.1. The van der Waals surface area contributed by atoms with Crippen molar-refractivity contribution in [1.29, 1.82) is 0 Å². The van der Waals surface area contributed by atoms with Crippen molar-refractivity contribution < 1.29 is 0 Å². The van der Waals surface area contributed by atoms with Crippen LogP contribution in [0.15, 0.2) is 5.38 Å². The minimum Gasteiger partial charge on any atom is -0.348 e. The molecule has 0 spiro atoms. The van der Waals surface area contributed by atoms with Crippen LogP contribution in [0.3, 0.4) is 0 Å². The third kappa shape index (κ3) is 2.99.